The summed E-state index contributed by atoms with van der Waals surface area (Å²) in [4.78, 5) is 11.9. The van der Waals surface area contributed by atoms with Crippen LogP contribution in [0.3, 0.4) is 0 Å². The molecule has 0 unspecified atom stereocenters. The van der Waals surface area contributed by atoms with Crippen LogP contribution in [-0.4, -0.2) is 18.5 Å². The van der Waals surface area contributed by atoms with Crippen molar-refractivity contribution in [1.82, 2.24) is 5.32 Å². The average molecular weight is 218 g/mol. The van der Waals surface area contributed by atoms with Crippen LogP contribution in [-0.2, 0) is 0 Å². The van der Waals surface area contributed by atoms with Gasteiger partial charge in [0, 0.05) is 23.8 Å². The molecule has 0 aromatic heterocycles. The Hall–Kier alpha value is -1.51. The number of carbonyl (C=O) groups excluding carboxylic acids is 1. The Bertz CT molecular complexity index is 379. The van der Waals surface area contributed by atoms with Crippen molar-refractivity contribution in [2.45, 2.75) is 31.7 Å². The molecule has 1 saturated carbocycles. The van der Waals surface area contributed by atoms with Gasteiger partial charge in [-0.05, 0) is 50.5 Å². The maximum atomic E-state index is 11.9. The lowest BCUT2D eigenvalue weighted by atomic mass is 9.78. The Morgan fingerprint density at radius 1 is 1.25 bits per heavy atom. The van der Waals surface area contributed by atoms with Crippen LogP contribution in [0.4, 0.5) is 5.69 Å². The van der Waals surface area contributed by atoms with Crippen molar-refractivity contribution in [3.63, 3.8) is 0 Å². The van der Waals surface area contributed by atoms with Gasteiger partial charge in [0.05, 0.1) is 0 Å². The van der Waals surface area contributed by atoms with Gasteiger partial charge in [-0.15, -0.1) is 0 Å². The number of benzene rings is 1. The molecule has 2 rings (SSSR count). The quantitative estimate of drug-likeness (QED) is 0.818. The molecule has 0 saturated heterocycles. The lowest BCUT2D eigenvalue weighted by molar-refractivity contribution is 0.0850. The van der Waals surface area contributed by atoms with Crippen molar-refractivity contribution < 1.29 is 4.79 Å². The molecular formula is C13H18N2O. The number of anilines is 1. The third-order valence-corrected chi connectivity index (χ3v) is 3.31. The van der Waals surface area contributed by atoms with E-state index in [4.69, 9.17) is 0 Å². The minimum atomic E-state index is 0.0265. The highest BCUT2D eigenvalue weighted by Gasteiger charge is 2.33. The molecule has 86 valence electrons. The average Bonchev–Trinajstić information content (AvgIpc) is 2.27. The topological polar surface area (TPSA) is 41.1 Å². The zero-order valence-corrected chi connectivity index (χ0v) is 9.84. The number of nitrogens with one attached hydrogen (secondary N) is 2. The van der Waals surface area contributed by atoms with Gasteiger partial charge < -0.3 is 10.6 Å². The molecule has 0 atom stereocenters. The molecule has 2 N–H and O–H groups in total. The van der Waals surface area contributed by atoms with Crippen LogP contribution >= 0.6 is 0 Å². The summed E-state index contributed by atoms with van der Waals surface area (Å²) in [6, 6.07) is 7.53. The van der Waals surface area contributed by atoms with E-state index < -0.39 is 0 Å². The van der Waals surface area contributed by atoms with Crippen LogP contribution in [0.15, 0.2) is 24.3 Å². The molecule has 3 heteroatoms. The summed E-state index contributed by atoms with van der Waals surface area (Å²) in [7, 11) is 1.87. The summed E-state index contributed by atoms with van der Waals surface area (Å²) in [5.74, 6) is 0.0323. The van der Waals surface area contributed by atoms with E-state index in [1.165, 1.54) is 6.42 Å². The Balaban J connectivity index is 2.03. The molecule has 1 aliphatic carbocycles. The van der Waals surface area contributed by atoms with E-state index in [-0.39, 0.29) is 11.4 Å². The Morgan fingerprint density at radius 3 is 2.31 bits per heavy atom. The second kappa shape index (κ2) is 4.16. The molecule has 0 radical (unpaired) electrons. The summed E-state index contributed by atoms with van der Waals surface area (Å²) in [5.41, 5.74) is 1.78. The zero-order chi connectivity index (χ0) is 11.6. The van der Waals surface area contributed by atoms with E-state index in [1.54, 1.807) is 0 Å². The van der Waals surface area contributed by atoms with Crippen molar-refractivity contribution in [3.8, 4) is 0 Å². The first-order valence-electron chi connectivity index (χ1n) is 5.73. The van der Waals surface area contributed by atoms with Crippen LogP contribution in [0.1, 0.15) is 36.5 Å². The fourth-order valence-corrected chi connectivity index (χ4v) is 1.97. The highest BCUT2D eigenvalue weighted by molar-refractivity contribution is 5.95. The number of carbonyl (C=O) groups is 1. The fraction of sp³-hybridized carbons (Fsp3) is 0.462. The summed E-state index contributed by atoms with van der Waals surface area (Å²) in [6.07, 6.45) is 3.40. The first-order valence-corrected chi connectivity index (χ1v) is 5.73. The predicted molar refractivity (Wildman–Crippen MR) is 65.7 cm³/mol. The van der Waals surface area contributed by atoms with Crippen LogP contribution in [0.2, 0.25) is 0 Å². The maximum absolute atomic E-state index is 11.9. The van der Waals surface area contributed by atoms with E-state index in [0.717, 1.165) is 24.1 Å². The van der Waals surface area contributed by atoms with Gasteiger partial charge in [0.25, 0.3) is 5.91 Å². The minimum absolute atomic E-state index is 0.0265. The van der Waals surface area contributed by atoms with Crippen LogP contribution < -0.4 is 10.6 Å². The fourth-order valence-electron chi connectivity index (χ4n) is 1.97. The highest BCUT2D eigenvalue weighted by atomic mass is 16.1. The molecule has 0 spiro atoms. The Kier molecular flexibility index (Phi) is 2.86. The van der Waals surface area contributed by atoms with E-state index in [1.807, 2.05) is 31.3 Å². The van der Waals surface area contributed by atoms with Gasteiger partial charge in [-0.25, -0.2) is 0 Å². The molecule has 1 aromatic rings. The predicted octanol–water partition coefficient (Wildman–Crippen LogP) is 2.40. The Labute approximate surface area is 96.2 Å². The molecule has 1 fully saturated rings. The zero-order valence-electron chi connectivity index (χ0n) is 9.84. The van der Waals surface area contributed by atoms with Crippen molar-refractivity contribution >= 4 is 11.6 Å². The van der Waals surface area contributed by atoms with Crippen LogP contribution in [0, 0.1) is 0 Å². The maximum Gasteiger partial charge on any atom is 0.251 e. The van der Waals surface area contributed by atoms with Crippen LogP contribution in [0.25, 0.3) is 0 Å². The SMILES string of the molecule is CNc1ccc(C(=O)NC2(C)CCC2)cc1. The summed E-state index contributed by atoms with van der Waals surface area (Å²) < 4.78 is 0. The van der Waals surface area contributed by atoms with E-state index in [0.29, 0.717) is 0 Å². The second-order valence-corrected chi connectivity index (χ2v) is 4.70. The molecule has 1 amide bonds. The van der Waals surface area contributed by atoms with Crippen molar-refractivity contribution in [2.24, 2.45) is 0 Å². The molecular weight excluding hydrogens is 200 g/mol. The molecule has 0 aliphatic heterocycles. The standard InChI is InChI=1S/C13H18N2O/c1-13(8-3-9-13)15-12(16)10-4-6-11(14-2)7-5-10/h4-7,14H,3,8-9H2,1-2H3,(H,15,16). The number of hydrogen-bond donors (Lipinski definition) is 2. The largest absolute Gasteiger partial charge is 0.388 e. The second-order valence-electron chi connectivity index (χ2n) is 4.70. The van der Waals surface area contributed by atoms with Gasteiger partial charge >= 0.3 is 0 Å². The summed E-state index contributed by atoms with van der Waals surface area (Å²) in [5, 5.41) is 6.12. The first-order chi connectivity index (χ1) is 7.63. The van der Waals surface area contributed by atoms with E-state index in [9.17, 15) is 4.79 Å². The summed E-state index contributed by atoms with van der Waals surface area (Å²) in [6.45, 7) is 2.11. The normalized spacial score (nSPS) is 17.4. The van der Waals surface area contributed by atoms with Gasteiger partial charge in [0.15, 0.2) is 0 Å². The third kappa shape index (κ3) is 2.18. The minimum Gasteiger partial charge on any atom is -0.388 e. The highest BCUT2D eigenvalue weighted by Crippen LogP contribution is 2.31. The molecule has 1 aliphatic rings. The monoisotopic (exact) mass is 218 g/mol. The molecule has 0 bridgehead atoms. The van der Waals surface area contributed by atoms with E-state index >= 15 is 0 Å². The molecule has 1 aromatic carbocycles. The number of hydrogen-bond acceptors (Lipinski definition) is 2. The summed E-state index contributed by atoms with van der Waals surface area (Å²) >= 11 is 0. The molecule has 0 heterocycles. The van der Waals surface area contributed by atoms with Crippen molar-refractivity contribution in [1.29, 1.82) is 0 Å². The van der Waals surface area contributed by atoms with E-state index in [2.05, 4.69) is 17.6 Å². The van der Waals surface area contributed by atoms with Gasteiger partial charge in [-0.2, -0.15) is 0 Å². The van der Waals surface area contributed by atoms with Gasteiger partial charge in [0.2, 0.25) is 0 Å². The Morgan fingerprint density at radius 2 is 1.88 bits per heavy atom. The third-order valence-electron chi connectivity index (χ3n) is 3.31. The number of rotatable bonds is 3. The van der Waals surface area contributed by atoms with Crippen LogP contribution in [0.5, 0.6) is 0 Å². The lowest BCUT2D eigenvalue weighted by Crippen LogP contribution is -2.50. The number of amides is 1. The smallest absolute Gasteiger partial charge is 0.251 e. The molecule has 16 heavy (non-hydrogen) atoms. The molecule has 3 nitrogen and oxygen atoms in total. The van der Waals surface area contributed by atoms with Gasteiger partial charge in [-0.1, -0.05) is 0 Å². The van der Waals surface area contributed by atoms with Crippen molar-refractivity contribution in [2.75, 3.05) is 12.4 Å². The van der Waals surface area contributed by atoms with Gasteiger partial charge in [0.1, 0.15) is 0 Å². The lowest BCUT2D eigenvalue weighted by Gasteiger charge is -2.39. The first kappa shape index (κ1) is 11.0. The van der Waals surface area contributed by atoms with Gasteiger partial charge in [-0.3, -0.25) is 4.79 Å². The van der Waals surface area contributed by atoms with Crippen molar-refractivity contribution in [3.05, 3.63) is 29.8 Å².